The lowest BCUT2D eigenvalue weighted by Gasteiger charge is -2.16. The van der Waals surface area contributed by atoms with Crippen LogP contribution in [0.4, 0.5) is 11.4 Å². The van der Waals surface area contributed by atoms with Gasteiger partial charge in [0.05, 0.1) is 22.3 Å². The van der Waals surface area contributed by atoms with E-state index >= 15 is 0 Å². The summed E-state index contributed by atoms with van der Waals surface area (Å²) in [5.41, 5.74) is 7.38. The van der Waals surface area contributed by atoms with Gasteiger partial charge >= 0.3 is 0 Å². The van der Waals surface area contributed by atoms with E-state index in [2.05, 4.69) is 0 Å². The van der Waals surface area contributed by atoms with Crippen molar-refractivity contribution in [2.75, 3.05) is 10.6 Å². The second-order valence-corrected chi connectivity index (χ2v) is 5.35. The molecular weight excluding hydrogens is 288 g/mol. The van der Waals surface area contributed by atoms with Gasteiger partial charge in [0.15, 0.2) is 0 Å². The summed E-state index contributed by atoms with van der Waals surface area (Å²) < 4.78 is 0. The van der Waals surface area contributed by atoms with Crippen molar-refractivity contribution in [1.82, 2.24) is 0 Å². The van der Waals surface area contributed by atoms with E-state index in [0.29, 0.717) is 16.4 Å². The molecule has 0 bridgehead atoms. The van der Waals surface area contributed by atoms with Gasteiger partial charge in [-0.1, -0.05) is 41.9 Å². The molecule has 0 radical (unpaired) electrons. The highest BCUT2D eigenvalue weighted by Crippen LogP contribution is 2.34. The Labute approximate surface area is 127 Å². The van der Waals surface area contributed by atoms with Gasteiger partial charge < -0.3 is 5.73 Å². The molecule has 3 rings (SSSR count). The molecule has 2 N–H and O–H groups in total. The Morgan fingerprint density at radius 1 is 1.10 bits per heavy atom. The smallest absolute Gasteiger partial charge is 0.241 e. The average molecular weight is 301 g/mol. The first kappa shape index (κ1) is 13.6. The Balaban J connectivity index is 1.96. The van der Waals surface area contributed by atoms with Crippen LogP contribution in [-0.2, 0) is 9.59 Å². The molecule has 1 unspecified atom stereocenters. The standard InChI is InChI=1S/C16H13ClN2O2/c17-13-8-11(6-7-14(13)18)19-15(20)9-12(16(19)21)10-4-2-1-3-5-10/h1-8,12H,9,18H2. The van der Waals surface area contributed by atoms with Crippen molar-refractivity contribution in [2.24, 2.45) is 0 Å². The Bertz CT molecular complexity index is 715. The molecule has 5 heteroatoms. The van der Waals surface area contributed by atoms with Crippen LogP contribution in [-0.4, -0.2) is 11.8 Å². The minimum atomic E-state index is -0.435. The molecule has 106 valence electrons. The molecule has 2 amide bonds. The molecule has 0 aromatic heterocycles. The molecule has 0 saturated carbocycles. The third-order valence-electron chi connectivity index (χ3n) is 3.59. The lowest BCUT2D eigenvalue weighted by Crippen LogP contribution is -2.30. The van der Waals surface area contributed by atoms with Crippen LogP contribution in [0.15, 0.2) is 48.5 Å². The van der Waals surface area contributed by atoms with E-state index in [1.54, 1.807) is 18.2 Å². The van der Waals surface area contributed by atoms with Gasteiger partial charge in [-0.3, -0.25) is 9.59 Å². The fourth-order valence-electron chi connectivity index (χ4n) is 2.50. The normalized spacial score (nSPS) is 18.3. The Hall–Kier alpha value is -2.33. The summed E-state index contributed by atoms with van der Waals surface area (Å²) in [6, 6.07) is 14.1. The molecule has 0 aliphatic carbocycles. The van der Waals surface area contributed by atoms with Crippen molar-refractivity contribution in [2.45, 2.75) is 12.3 Å². The monoisotopic (exact) mass is 300 g/mol. The Morgan fingerprint density at radius 3 is 2.48 bits per heavy atom. The SMILES string of the molecule is Nc1ccc(N2C(=O)CC(c3ccccc3)C2=O)cc1Cl. The number of benzene rings is 2. The van der Waals surface area contributed by atoms with Crippen molar-refractivity contribution in [3.63, 3.8) is 0 Å². The summed E-state index contributed by atoms with van der Waals surface area (Å²) in [4.78, 5) is 25.9. The maximum absolute atomic E-state index is 12.5. The van der Waals surface area contributed by atoms with E-state index in [1.807, 2.05) is 30.3 Å². The van der Waals surface area contributed by atoms with E-state index in [4.69, 9.17) is 17.3 Å². The molecule has 1 fully saturated rings. The third kappa shape index (κ3) is 2.38. The summed E-state index contributed by atoms with van der Waals surface area (Å²) in [6.45, 7) is 0. The number of halogens is 1. The Morgan fingerprint density at radius 2 is 1.81 bits per heavy atom. The Kier molecular flexibility index (Phi) is 3.39. The second kappa shape index (κ2) is 5.22. The van der Waals surface area contributed by atoms with E-state index < -0.39 is 5.92 Å². The van der Waals surface area contributed by atoms with Gasteiger partial charge in [-0.2, -0.15) is 0 Å². The topological polar surface area (TPSA) is 63.4 Å². The molecule has 0 spiro atoms. The first-order chi connectivity index (χ1) is 10.1. The maximum Gasteiger partial charge on any atom is 0.241 e. The van der Waals surface area contributed by atoms with Crippen LogP contribution in [0, 0.1) is 0 Å². The highest BCUT2D eigenvalue weighted by molar-refractivity contribution is 6.33. The first-order valence-corrected chi connectivity index (χ1v) is 6.92. The molecule has 2 aromatic carbocycles. The maximum atomic E-state index is 12.5. The number of rotatable bonds is 2. The lowest BCUT2D eigenvalue weighted by atomic mass is 9.98. The van der Waals surface area contributed by atoms with Gasteiger partial charge in [-0.15, -0.1) is 0 Å². The summed E-state index contributed by atoms with van der Waals surface area (Å²) in [5.74, 6) is -0.892. The molecule has 1 heterocycles. The summed E-state index contributed by atoms with van der Waals surface area (Å²) in [7, 11) is 0. The molecule has 2 aromatic rings. The third-order valence-corrected chi connectivity index (χ3v) is 3.92. The number of amides is 2. The number of hydrogen-bond donors (Lipinski definition) is 1. The minimum absolute atomic E-state index is 0.171. The van der Waals surface area contributed by atoms with Crippen molar-refractivity contribution >= 4 is 34.8 Å². The van der Waals surface area contributed by atoms with Crippen LogP contribution < -0.4 is 10.6 Å². The summed E-state index contributed by atoms with van der Waals surface area (Å²) in [6.07, 6.45) is 0.171. The van der Waals surface area contributed by atoms with Crippen LogP contribution in [0.3, 0.4) is 0 Å². The van der Waals surface area contributed by atoms with E-state index in [9.17, 15) is 9.59 Å². The van der Waals surface area contributed by atoms with E-state index in [1.165, 1.54) is 4.90 Å². The van der Waals surface area contributed by atoms with Crippen molar-refractivity contribution in [1.29, 1.82) is 0 Å². The first-order valence-electron chi connectivity index (χ1n) is 6.54. The molecule has 4 nitrogen and oxygen atoms in total. The largest absolute Gasteiger partial charge is 0.398 e. The fourth-order valence-corrected chi connectivity index (χ4v) is 2.68. The highest BCUT2D eigenvalue weighted by atomic mass is 35.5. The number of nitrogen functional groups attached to an aromatic ring is 1. The van der Waals surface area contributed by atoms with E-state index in [-0.39, 0.29) is 18.2 Å². The second-order valence-electron chi connectivity index (χ2n) is 4.94. The zero-order valence-electron chi connectivity index (χ0n) is 11.1. The highest BCUT2D eigenvalue weighted by Gasteiger charge is 2.40. The predicted molar refractivity (Wildman–Crippen MR) is 82.2 cm³/mol. The number of hydrogen-bond acceptors (Lipinski definition) is 3. The van der Waals surface area contributed by atoms with Gasteiger partial charge in [0.1, 0.15) is 0 Å². The van der Waals surface area contributed by atoms with Crippen molar-refractivity contribution in [3.8, 4) is 0 Å². The number of imide groups is 1. The lowest BCUT2D eigenvalue weighted by molar-refractivity contribution is -0.121. The fraction of sp³-hybridized carbons (Fsp3) is 0.125. The molecule has 1 atom stereocenters. The molecular formula is C16H13ClN2O2. The zero-order chi connectivity index (χ0) is 15.0. The number of carbonyl (C=O) groups excluding carboxylic acids is 2. The van der Waals surface area contributed by atoms with Gasteiger partial charge in [-0.05, 0) is 23.8 Å². The van der Waals surface area contributed by atoms with Crippen LogP contribution >= 0.6 is 11.6 Å². The predicted octanol–water partition coefficient (Wildman–Crippen LogP) is 2.97. The molecule has 1 saturated heterocycles. The number of nitrogens with zero attached hydrogens (tertiary/aromatic N) is 1. The van der Waals surface area contributed by atoms with Gasteiger partial charge in [0, 0.05) is 6.42 Å². The molecule has 1 aliphatic heterocycles. The quantitative estimate of drug-likeness (QED) is 0.685. The molecule has 1 aliphatic rings. The van der Waals surface area contributed by atoms with Gasteiger partial charge in [0.25, 0.3) is 0 Å². The number of nitrogens with two attached hydrogens (primary N) is 1. The van der Waals surface area contributed by atoms with Crippen LogP contribution in [0.5, 0.6) is 0 Å². The zero-order valence-corrected chi connectivity index (χ0v) is 11.9. The van der Waals surface area contributed by atoms with Crippen molar-refractivity contribution < 1.29 is 9.59 Å². The number of anilines is 2. The van der Waals surface area contributed by atoms with E-state index in [0.717, 1.165) is 5.56 Å². The average Bonchev–Trinajstić information content (AvgIpc) is 2.78. The van der Waals surface area contributed by atoms with Crippen LogP contribution in [0.25, 0.3) is 0 Å². The van der Waals surface area contributed by atoms with Crippen molar-refractivity contribution in [3.05, 3.63) is 59.1 Å². The summed E-state index contributed by atoms with van der Waals surface area (Å²) in [5, 5.41) is 0.330. The van der Waals surface area contributed by atoms with Gasteiger partial charge in [0.2, 0.25) is 11.8 Å². The molecule has 21 heavy (non-hydrogen) atoms. The minimum Gasteiger partial charge on any atom is -0.398 e. The number of carbonyl (C=O) groups is 2. The van der Waals surface area contributed by atoms with Gasteiger partial charge in [-0.25, -0.2) is 4.90 Å². The summed E-state index contributed by atoms with van der Waals surface area (Å²) >= 11 is 5.97. The van der Waals surface area contributed by atoms with Crippen LogP contribution in [0.2, 0.25) is 5.02 Å². The van der Waals surface area contributed by atoms with Crippen LogP contribution in [0.1, 0.15) is 17.9 Å².